The molecule has 14 heteroatoms. The van der Waals surface area contributed by atoms with Crippen LogP contribution in [0.25, 0.3) is 5.65 Å². The first-order valence-corrected chi connectivity index (χ1v) is 13.5. The smallest absolute Gasteiger partial charge is 0.251 e. The van der Waals surface area contributed by atoms with E-state index >= 15 is 4.39 Å². The monoisotopic (exact) mass is 574 g/mol. The number of hydrogen-bond acceptors (Lipinski definition) is 9. The second-order valence-corrected chi connectivity index (χ2v) is 9.78. The zero-order chi connectivity index (χ0) is 29.5. The molecule has 2 aromatic heterocycles. The van der Waals surface area contributed by atoms with Gasteiger partial charge in [0.1, 0.15) is 12.2 Å². The van der Waals surface area contributed by atoms with Crippen molar-refractivity contribution in [1.29, 1.82) is 0 Å². The molecule has 1 aliphatic rings. The standard InChI is InChI=1S/C27H36F2N8O4/c1-2-15-11-16(3-4-17(15)26(39)33-7-8-34-27(40)19(31)13-38)36-24-25-35-12-20(37(25)10-9-32-24)18-5-6-21(41-14-30)23(29)22(18)28/h3-4,9-12,18-19,21-23,38H,2,5-8,13-14,30-31H2,1H3,(H,32,36)(H,33,39)(H,34,40)/t18?,19-,21-,22?,23?/m0/s1. The highest BCUT2D eigenvalue weighted by atomic mass is 19.2. The molecule has 3 unspecified atom stereocenters. The van der Waals surface area contributed by atoms with E-state index in [0.717, 1.165) is 5.56 Å². The highest BCUT2D eigenvalue weighted by molar-refractivity contribution is 5.96. The van der Waals surface area contributed by atoms with E-state index < -0.39 is 42.9 Å². The summed E-state index contributed by atoms with van der Waals surface area (Å²) in [6.07, 6.45) is 1.66. The number of fused-ring (bicyclic) bond motifs is 1. The van der Waals surface area contributed by atoms with Crippen LogP contribution in [0, 0.1) is 0 Å². The Morgan fingerprint density at radius 2 is 1.98 bits per heavy atom. The van der Waals surface area contributed by atoms with Gasteiger partial charge in [0.2, 0.25) is 5.91 Å². The van der Waals surface area contributed by atoms with Crippen LogP contribution in [0.4, 0.5) is 20.3 Å². The van der Waals surface area contributed by atoms with Gasteiger partial charge in [0.15, 0.2) is 17.6 Å². The summed E-state index contributed by atoms with van der Waals surface area (Å²) in [7, 11) is 0. The maximum absolute atomic E-state index is 15.1. The average Bonchev–Trinajstić information content (AvgIpc) is 3.42. The number of aliphatic hydroxyl groups is 1. The fourth-order valence-corrected chi connectivity index (χ4v) is 4.99. The van der Waals surface area contributed by atoms with Gasteiger partial charge < -0.3 is 37.3 Å². The van der Waals surface area contributed by atoms with E-state index in [4.69, 9.17) is 21.3 Å². The SMILES string of the molecule is CCc1cc(Nc2nccn3c(C4CC[C@H](OCN)C(F)C4F)cnc23)ccc1C(=O)NCCNC(=O)[C@@H](N)CO. The van der Waals surface area contributed by atoms with Crippen LogP contribution in [0.3, 0.4) is 0 Å². The van der Waals surface area contributed by atoms with Gasteiger partial charge in [-0.15, -0.1) is 0 Å². The maximum atomic E-state index is 15.1. The van der Waals surface area contributed by atoms with Gasteiger partial charge >= 0.3 is 0 Å². The third-order valence-corrected chi connectivity index (χ3v) is 7.19. The number of amides is 2. The molecular weight excluding hydrogens is 538 g/mol. The largest absolute Gasteiger partial charge is 0.394 e. The molecule has 0 bridgehead atoms. The molecule has 12 nitrogen and oxygen atoms in total. The van der Waals surface area contributed by atoms with E-state index in [1.807, 2.05) is 13.0 Å². The van der Waals surface area contributed by atoms with Crippen molar-refractivity contribution in [3.63, 3.8) is 0 Å². The lowest BCUT2D eigenvalue weighted by Crippen LogP contribution is -2.45. The van der Waals surface area contributed by atoms with E-state index in [-0.39, 0.29) is 25.7 Å². The van der Waals surface area contributed by atoms with Gasteiger partial charge in [-0.25, -0.2) is 18.7 Å². The van der Waals surface area contributed by atoms with Crippen molar-refractivity contribution in [2.75, 3.05) is 31.7 Å². The van der Waals surface area contributed by atoms with Crippen molar-refractivity contribution >= 4 is 29.0 Å². The Morgan fingerprint density at radius 1 is 1.20 bits per heavy atom. The fraction of sp³-hybridized carbons (Fsp3) is 0.481. The molecule has 2 heterocycles. The van der Waals surface area contributed by atoms with Crippen LogP contribution >= 0.6 is 0 Å². The molecule has 4 rings (SSSR count). The zero-order valence-electron chi connectivity index (χ0n) is 22.7. The van der Waals surface area contributed by atoms with Crippen molar-refractivity contribution in [1.82, 2.24) is 25.0 Å². The Labute approximate surface area is 235 Å². The summed E-state index contributed by atoms with van der Waals surface area (Å²) >= 11 is 0. The lowest BCUT2D eigenvalue weighted by molar-refractivity contribution is -0.123. The zero-order valence-corrected chi connectivity index (χ0v) is 22.7. The van der Waals surface area contributed by atoms with Crippen molar-refractivity contribution < 1.29 is 28.2 Å². The van der Waals surface area contributed by atoms with Crippen LogP contribution in [0.15, 0.2) is 36.8 Å². The molecule has 8 N–H and O–H groups in total. The number of halogens is 2. The number of ether oxygens (including phenoxy) is 1. The van der Waals surface area contributed by atoms with Crippen molar-refractivity contribution in [3.8, 4) is 0 Å². The summed E-state index contributed by atoms with van der Waals surface area (Å²) in [5, 5.41) is 17.4. The van der Waals surface area contributed by atoms with Gasteiger partial charge in [-0.2, -0.15) is 0 Å². The Kier molecular flexibility index (Phi) is 10.2. The molecule has 2 amide bonds. The first-order valence-electron chi connectivity index (χ1n) is 13.5. The van der Waals surface area contributed by atoms with Crippen molar-refractivity contribution in [2.45, 2.75) is 56.6 Å². The first-order chi connectivity index (χ1) is 19.8. The molecule has 222 valence electrons. The highest BCUT2D eigenvalue weighted by Crippen LogP contribution is 2.38. The molecule has 0 radical (unpaired) electrons. The number of rotatable bonds is 12. The number of carbonyl (C=O) groups excluding carboxylic acids is 2. The Bertz CT molecular complexity index is 1360. The number of imidazole rings is 1. The average molecular weight is 575 g/mol. The third kappa shape index (κ3) is 6.78. The molecular formula is C27H36F2N8O4. The van der Waals surface area contributed by atoms with Gasteiger partial charge in [0.25, 0.3) is 5.91 Å². The number of carbonyl (C=O) groups is 2. The number of aromatic nitrogens is 3. The van der Waals surface area contributed by atoms with Crippen molar-refractivity contribution in [3.05, 3.63) is 53.6 Å². The molecule has 5 atom stereocenters. The Balaban J connectivity index is 1.45. The van der Waals surface area contributed by atoms with E-state index in [9.17, 15) is 14.0 Å². The minimum absolute atomic E-state index is 0.161. The topological polar surface area (TPSA) is 182 Å². The van der Waals surface area contributed by atoms with Crippen LogP contribution < -0.4 is 27.4 Å². The lowest BCUT2D eigenvalue weighted by atomic mass is 9.82. The van der Waals surface area contributed by atoms with Gasteiger partial charge in [-0.05, 0) is 43.0 Å². The number of alkyl halides is 2. The van der Waals surface area contributed by atoms with Crippen molar-refractivity contribution in [2.24, 2.45) is 11.5 Å². The molecule has 0 saturated heterocycles. The summed E-state index contributed by atoms with van der Waals surface area (Å²) in [6, 6.07) is 4.24. The van der Waals surface area contributed by atoms with Crippen LogP contribution in [0.5, 0.6) is 0 Å². The molecule has 0 spiro atoms. The van der Waals surface area contributed by atoms with Crippen LogP contribution in [-0.4, -0.2) is 82.2 Å². The Morgan fingerprint density at radius 3 is 2.71 bits per heavy atom. The number of aliphatic hydroxyl groups excluding tert-OH is 1. The summed E-state index contributed by atoms with van der Waals surface area (Å²) in [5.74, 6) is -1.08. The Hall–Kier alpha value is -3.72. The number of nitrogens with zero attached hydrogens (tertiary/aromatic N) is 3. The minimum atomic E-state index is -1.78. The number of aryl methyl sites for hydroxylation is 1. The van der Waals surface area contributed by atoms with E-state index in [1.54, 1.807) is 35.1 Å². The number of anilines is 2. The number of hydrogen-bond donors (Lipinski definition) is 6. The van der Waals surface area contributed by atoms with Crippen LogP contribution in [0.1, 0.15) is 47.3 Å². The van der Waals surface area contributed by atoms with Gasteiger partial charge in [0.05, 0.1) is 19.4 Å². The molecule has 1 saturated carbocycles. The van der Waals surface area contributed by atoms with Gasteiger partial charge in [-0.3, -0.25) is 14.0 Å². The number of nitrogens with one attached hydrogen (secondary N) is 3. The maximum Gasteiger partial charge on any atom is 0.251 e. The molecule has 41 heavy (non-hydrogen) atoms. The minimum Gasteiger partial charge on any atom is -0.394 e. The van der Waals surface area contributed by atoms with E-state index in [0.29, 0.717) is 47.7 Å². The predicted octanol–water partition coefficient (Wildman–Crippen LogP) is 1.06. The van der Waals surface area contributed by atoms with Crippen LogP contribution in [-0.2, 0) is 16.0 Å². The van der Waals surface area contributed by atoms with E-state index in [1.165, 1.54) is 0 Å². The lowest BCUT2D eigenvalue weighted by Gasteiger charge is -2.34. The molecule has 3 aromatic rings. The second-order valence-electron chi connectivity index (χ2n) is 9.78. The highest BCUT2D eigenvalue weighted by Gasteiger charge is 2.42. The third-order valence-electron chi connectivity index (χ3n) is 7.19. The quantitative estimate of drug-likeness (QED) is 0.136. The molecule has 1 fully saturated rings. The van der Waals surface area contributed by atoms with Gasteiger partial charge in [0, 0.05) is 54.5 Å². The molecule has 1 aliphatic carbocycles. The van der Waals surface area contributed by atoms with Crippen LogP contribution in [0.2, 0.25) is 0 Å². The first kappa shape index (κ1) is 30.2. The second kappa shape index (κ2) is 13.8. The van der Waals surface area contributed by atoms with E-state index in [2.05, 4.69) is 25.9 Å². The summed E-state index contributed by atoms with van der Waals surface area (Å²) in [6.45, 7) is 1.65. The predicted molar refractivity (Wildman–Crippen MR) is 148 cm³/mol. The number of nitrogens with two attached hydrogens (primary N) is 2. The fourth-order valence-electron chi connectivity index (χ4n) is 4.99. The summed E-state index contributed by atoms with van der Waals surface area (Å²) < 4.78 is 36.6. The van der Waals surface area contributed by atoms with Gasteiger partial charge in [-0.1, -0.05) is 6.92 Å². The number of benzene rings is 1. The summed E-state index contributed by atoms with van der Waals surface area (Å²) in [4.78, 5) is 33.2. The molecule has 0 aliphatic heterocycles. The molecule has 1 aromatic carbocycles. The normalized spacial score (nSPS) is 21.4. The summed E-state index contributed by atoms with van der Waals surface area (Å²) in [5.41, 5.74) is 13.7.